The van der Waals surface area contributed by atoms with Gasteiger partial charge in [-0.25, -0.2) is 16.8 Å². The quantitative estimate of drug-likeness (QED) is 0.176. The van der Waals surface area contributed by atoms with Gasteiger partial charge in [-0.1, -0.05) is 89.9 Å². The molecule has 10 aliphatic heterocycles. The van der Waals surface area contributed by atoms with E-state index >= 15 is 0 Å². The Kier molecular flexibility index (Phi) is 19.7. The molecular weight excluding hydrogens is 1420 g/mol. The number of hydrogen-bond donors (Lipinski definition) is 16. The van der Waals surface area contributed by atoms with E-state index < -0.39 is 58.6 Å². The summed E-state index contributed by atoms with van der Waals surface area (Å²) < 4.78 is 93.4. The molecule has 10 saturated heterocycles. The van der Waals surface area contributed by atoms with Gasteiger partial charge in [0.2, 0.25) is 0 Å². The van der Waals surface area contributed by atoms with Gasteiger partial charge in [-0.15, -0.1) is 0 Å². The fourth-order valence-electron chi connectivity index (χ4n) is 24.7. The van der Waals surface area contributed by atoms with Crippen molar-refractivity contribution in [2.75, 3.05) is 0 Å². The first-order chi connectivity index (χ1) is 44.3. The molecule has 0 spiro atoms. The summed E-state index contributed by atoms with van der Waals surface area (Å²) in [6.45, 7) is 0. The van der Waals surface area contributed by atoms with Gasteiger partial charge in [0.25, 0.3) is 0 Å². The van der Waals surface area contributed by atoms with Crippen LogP contribution in [0.4, 0.5) is 0 Å². The molecule has 10 heterocycles. The summed E-state index contributed by atoms with van der Waals surface area (Å²) in [4.78, 5) is 0. The molecule has 0 aromatic heterocycles. The van der Waals surface area contributed by atoms with E-state index in [2.05, 4.69) is 85.1 Å². The van der Waals surface area contributed by atoms with Crippen LogP contribution in [-0.4, -0.2) is 135 Å². The number of rotatable bonds is 2. The molecular formula is C64H110N16O8S2U. The Labute approximate surface area is 556 Å². The van der Waals surface area contributed by atoms with Crippen molar-refractivity contribution < 1.29 is 58.2 Å². The van der Waals surface area contributed by atoms with Crippen LogP contribution in [0, 0.1) is 123 Å². The minimum atomic E-state index is -4.41. The average molecular weight is 1530 g/mol. The molecule has 91 heavy (non-hydrogen) atoms. The van der Waals surface area contributed by atoms with Crippen LogP contribution < -0.4 is 85.1 Å². The van der Waals surface area contributed by atoms with Crippen LogP contribution in [-0.2, 0) is 24.7 Å². The summed E-state index contributed by atoms with van der Waals surface area (Å²) in [5.74, 6) is 6.67. The summed E-state index contributed by atoms with van der Waals surface area (Å²) in [5.41, 5.74) is 0. The summed E-state index contributed by atoms with van der Waals surface area (Å²) in [7, 11) is -8.81. The van der Waals surface area contributed by atoms with Gasteiger partial charge >= 0.3 is 32.3 Å². The molecule has 510 valence electrons. The molecule has 18 rings (SSSR count). The van der Waals surface area contributed by atoms with Crippen LogP contribution in [0.1, 0.15) is 193 Å². The molecule has 0 amide bonds. The molecule has 34 unspecified atom stereocenters. The van der Waals surface area contributed by atoms with E-state index in [1.807, 2.05) is 0 Å². The Hall–Kier alpha value is -0.168. The Balaban J connectivity index is 0.000000139. The van der Waals surface area contributed by atoms with Crippen LogP contribution in [0.25, 0.3) is 0 Å². The second kappa shape index (κ2) is 27.4. The van der Waals surface area contributed by atoms with Crippen molar-refractivity contribution in [1.29, 1.82) is 0 Å². The standard InChI is InChI=1S/2C32H56N8O3S.2O.U/c2*41-44(42,43)23-15-7-14-22-24(23)32-39-30-21-13-6-5-12-20(21)28(37-30)35-26-17-9-2-1-8-16(17)25(33-26)34-27-18-10-3-4-11-19(18)29(36-27)38-31(22)40-32;;;/h2*16-40H,1-15H2,(H,41,42,43);;;/q;;;;+2/p-2. The molecule has 0 aromatic carbocycles. The molecule has 16 bridgehead atoms. The maximum absolute atomic E-state index is 12.7. The van der Waals surface area contributed by atoms with Crippen molar-refractivity contribution in [3.05, 3.63) is 0 Å². The second-order valence-electron chi connectivity index (χ2n) is 32.5. The van der Waals surface area contributed by atoms with Crippen molar-refractivity contribution in [2.45, 2.75) is 302 Å². The van der Waals surface area contributed by atoms with Crippen LogP contribution in [0.15, 0.2) is 0 Å². The third-order valence-corrected chi connectivity index (χ3v) is 31.0. The summed E-state index contributed by atoms with van der Waals surface area (Å²) in [6.07, 6.45) is 37.0. The van der Waals surface area contributed by atoms with E-state index in [1.165, 1.54) is 154 Å². The van der Waals surface area contributed by atoms with E-state index in [9.17, 15) is 25.9 Å². The van der Waals surface area contributed by atoms with Gasteiger partial charge in [-0.05, 0) is 186 Å². The first kappa shape index (κ1) is 65.4. The SMILES string of the molecule is O=S(=O)([O-])C1CCCC2C3NC4NC(NC5NC(NC6NC(NC(N3)C21)C1CCCCC61)C1CCCCC51)C1CCCCC41.O=S(=O)([O-])C1CCCC2C3NC4NC(NC5NC(NC6NC(NC(N3)C21)C1CCCCC61)C1CCCCC51)C1CCCCC41.[O]=[U+2]=[O]. The third-order valence-electron chi connectivity index (χ3n) is 28.4. The van der Waals surface area contributed by atoms with Gasteiger partial charge < -0.3 is 9.11 Å². The van der Waals surface area contributed by atoms with Crippen molar-refractivity contribution in [1.82, 2.24) is 85.1 Å². The van der Waals surface area contributed by atoms with E-state index in [4.69, 9.17) is 4.47 Å². The average Bonchev–Trinajstić information content (AvgIpc) is 1.63. The number of hydrogen-bond acceptors (Lipinski definition) is 24. The Bertz CT molecular complexity index is 2640. The predicted molar refractivity (Wildman–Crippen MR) is 333 cm³/mol. The van der Waals surface area contributed by atoms with E-state index in [-0.39, 0.29) is 110 Å². The second-order valence-corrected chi connectivity index (χ2v) is 36.3. The van der Waals surface area contributed by atoms with Crippen LogP contribution in [0.5, 0.6) is 0 Å². The van der Waals surface area contributed by atoms with Crippen LogP contribution in [0.2, 0.25) is 0 Å². The van der Waals surface area contributed by atoms with E-state index in [0.29, 0.717) is 96.2 Å². The molecule has 24 nitrogen and oxygen atoms in total. The van der Waals surface area contributed by atoms with Gasteiger partial charge in [-0.2, -0.15) is 0 Å². The van der Waals surface area contributed by atoms with Gasteiger partial charge in [0.05, 0.1) is 129 Å². The Morgan fingerprint density at radius 1 is 0.209 bits per heavy atom. The van der Waals surface area contributed by atoms with Crippen molar-refractivity contribution in [3.63, 3.8) is 0 Å². The van der Waals surface area contributed by atoms with Gasteiger partial charge in [0.15, 0.2) is 0 Å². The normalized spacial score (nSPS) is 53.8. The zero-order chi connectivity index (χ0) is 61.9. The van der Waals surface area contributed by atoms with Gasteiger partial charge in [0.1, 0.15) is 0 Å². The van der Waals surface area contributed by atoms with Crippen molar-refractivity contribution in [2.24, 2.45) is 94.7 Å². The molecule has 27 heteroatoms. The summed E-state index contributed by atoms with van der Waals surface area (Å²) in [5, 5.41) is 63.1. The number of nitrogens with one attached hydrogen (secondary N) is 16. The van der Waals surface area contributed by atoms with Crippen molar-refractivity contribution in [3.8, 4) is 0 Å². The molecule has 0 radical (unpaired) electrons. The molecule has 8 saturated carbocycles. The number of fused-ring (bicyclic) bond motifs is 40. The molecule has 0 aromatic rings. The topological polar surface area (TPSA) is 341 Å². The molecule has 8 aliphatic carbocycles. The third kappa shape index (κ3) is 12.7. The van der Waals surface area contributed by atoms with E-state index in [1.54, 1.807) is 0 Å². The molecule has 16 N–H and O–H groups in total. The van der Waals surface area contributed by atoms with E-state index in [0.717, 1.165) is 25.7 Å². The zero-order valence-electron chi connectivity index (χ0n) is 53.4. The molecule has 18 fully saturated rings. The Morgan fingerprint density at radius 3 is 0.495 bits per heavy atom. The minimum absolute atomic E-state index is 0.0250. The molecule has 18 aliphatic rings. The Morgan fingerprint density at radius 2 is 0.341 bits per heavy atom. The summed E-state index contributed by atoms with van der Waals surface area (Å²) in [6, 6.07) is 0. The zero-order valence-corrected chi connectivity index (χ0v) is 59.2. The van der Waals surface area contributed by atoms with Gasteiger partial charge in [-0.3, -0.25) is 85.1 Å². The van der Waals surface area contributed by atoms with Crippen molar-refractivity contribution >= 4 is 20.2 Å². The van der Waals surface area contributed by atoms with Gasteiger partial charge in [0, 0.05) is 11.8 Å². The molecule has 34 atom stereocenters. The predicted octanol–water partition coefficient (Wildman–Crippen LogP) is 2.02. The maximum atomic E-state index is 12.7. The van der Waals surface area contributed by atoms with Crippen LogP contribution in [0.3, 0.4) is 0 Å². The first-order valence-electron chi connectivity index (χ1n) is 37.3. The summed E-state index contributed by atoms with van der Waals surface area (Å²) >= 11 is -2.51. The fraction of sp³-hybridized carbons (Fsp3) is 1.00. The fourth-order valence-corrected chi connectivity index (χ4v) is 27.1. The monoisotopic (exact) mass is 1530 g/mol. The van der Waals surface area contributed by atoms with Crippen LogP contribution >= 0.6 is 0 Å². The first-order valence-corrected chi connectivity index (χ1v) is 43.7.